The van der Waals surface area contributed by atoms with Crippen molar-refractivity contribution in [2.45, 2.75) is 37.3 Å². The first-order valence-electron chi connectivity index (χ1n) is 7.64. The molecule has 6 heteroatoms. The Labute approximate surface area is 136 Å². The second kappa shape index (κ2) is 7.25. The van der Waals surface area contributed by atoms with Crippen LogP contribution in [0, 0.1) is 5.92 Å². The molecule has 126 valence electrons. The number of ether oxygens (including phenoxy) is 1. The summed E-state index contributed by atoms with van der Waals surface area (Å²) in [6, 6.07) is 6.09. The molecule has 1 aromatic rings. The number of hydrogen-bond acceptors (Lipinski definition) is 4. The second-order valence-corrected chi connectivity index (χ2v) is 7.78. The number of carbonyl (C=O) groups is 1. The van der Waals surface area contributed by atoms with E-state index in [1.807, 2.05) is 0 Å². The van der Waals surface area contributed by atoms with Gasteiger partial charge in [-0.25, -0.2) is 17.6 Å². The van der Waals surface area contributed by atoms with E-state index in [-0.39, 0.29) is 17.4 Å². The van der Waals surface area contributed by atoms with E-state index in [0.29, 0.717) is 30.4 Å². The van der Waals surface area contributed by atoms with E-state index in [2.05, 4.69) is 0 Å². The Balaban J connectivity index is 2.33. The first-order valence-corrected chi connectivity index (χ1v) is 9.54. The maximum atomic E-state index is 13.3. The van der Waals surface area contributed by atoms with E-state index >= 15 is 0 Å². The van der Waals surface area contributed by atoms with Crippen LogP contribution in [0.15, 0.2) is 35.2 Å². The van der Waals surface area contributed by atoms with E-state index in [1.165, 1.54) is 12.1 Å². The van der Waals surface area contributed by atoms with Crippen LogP contribution in [0.5, 0.6) is 0 Å². The van der Waals surface area contributed by atoms with E-state index in [4.69, 9.17) is 4.74 Å². The normalized spacial score (nSPS) is 22.1. The predicted octanol–water partition coefficient (Wildman–Crippen LogP) is 3.17. The number of benzene rings is 1. The Morgan fingerprint density at radius 1 is 1.30 bits per heavy atom. The molecule has 0 heterocycles. The number of esters is 1. The lowest BCUT2D eigenvalue weighted by Crippen LogP contribution is -2.09. The van der Waals surface area contributed by atoms with Crippen LogP contribution in [-0.4, -0.2) is 33.4 Å². The van der Waals surface area contributed by atoms with Crippen LogP contribution in [0.1, 0.15) is 31.7 Å². The minimum Gasteiger partial charge on any atom is -0.462 e. The lowest BCUT2D eigenvalue weighted by atomic mass is 9.99. The molecule has 0 N–H and O–H groups in total. The Bertz CT molecular complexity index is 692. The van der Waals surface area contributed by atoms with Gasteiger partial charge < -0.3 is 4.74 Å². The van der Waals surface area contributed by atoms with Gasteiger partial charge in [0.25, 0.3) is 0 Å². The number of halogens is 1. The minimum atomic E-state index is -3.29. The molecule has 1 aliphatic rings. The van der Waals surface area contributed by atoms with Gasteiger partial charge in [-0.3, -0.25) is 0 Å². The van der Waals surface area contributed by atoms with Crippen LogP contribution in [0.25, 0.3) is 5.57 Å². The van der Waals surface area contributed by atoms with Crippen molar-refractivity contribution in [3.63, 3.8) is 0 Å². The molecule has 0 aliphatic heterocycles. The summed E-state index contributed by atoms with van der Waals surface area (Å²) >= 11 is 0. The number of rotatable bonds is 5. The third-order valence-electron chi connectivity index (χ3n) is 3.90. The highest BCUT2D eigenvalue weighted by Crippen LogP contribution is 2.32. The molecule has 0 aromatic heterocycles. The number of sulfone groups is 1. The van der Waals surface area contributed by atoms with Gasteiger partial charge in [-0.15, -0.1) is 0 Å². The van der Waals surface area contributed by atoms with Crippen LogP contribution < -0.4 is 0 Å². The quantitative estimate of drug-likeness (QED) is 0.610. The van der Waals surface area contributed by atoms with Crippen molar-refractivity contribution >= 4 is 21.4 Å². The summed E-state index contributed by atoms with van der Waals surface area (Å²) in [5.41, 5.74) is 0.948. The molecule has 0 amide bonds. The third kappa shape index (κ3) is 4.64. The Kier molecular flexibility index (Phi) is 5.57. The molecule has 4 nitrogen and oxygen atoms in total. The first kappa shape index (κ1) is 17.7. The summed E-state index contributed by atoms with van der Waals surface area (Å²) in [6.45, 7) is 1.96. The van der Waals surface area contributed by atoms with Gasteiger partial charge in [0.1, 0.15) is 6.17 Å². The molecule has 1 saturated carbocycles. The molecule has 0 radical (unpaired) electrons. The monoisotopic (exact) mass is 340 g/mol. The molecule has 1 aliphatic carbocycles. The average molecular weight is 340 g/mol. The van der Waals surface area contributed by atoms with Crippen molar-refractivity contribution in [2.75, 3.05) is 12.9 Å². The Morgan fingerprint density at radius 3 is 2.43 bits per heavy atom. The van der Waals surface area contributed by atoms with Crippen LogP contribution in [0.2, 0.25) is 0 Å². The molecule has 0 saturated heterocycles. The van der Waals surface area contributed by atoms with Gasteiger partial charge in [0, 0.05) is 6.26 Å². The van der Waals surface area contributed by atoms with E-state index in [0.717, 1.165) is 6.26 Å². The third-order valence-corrected chi connectivity index (χ3v) is 5.03. The fraction of sp³-hybridized carbons (Fsp3) is 0.471. The molecule has 0 spiro atoms. The fourth-order valence-electron chi connectivity index (χ4n) is 2.72. The van der Waals surface area contributed by atoms with Crippen LogP contribution >= 0.6 is 0 Å². The lowest BCUT2D eigenvalue weighted by Gasteiger charge is -2.11. The van der Waals surface area contributed by atoms with E-state index < -0.39 is 22.0 Å². The molecule has 2 rings (SSSR count). The highest BCUT2D eigenvalue weighted by Gasteiger charge is 2.25. The summed E-state index contributed by atoms with van der Waals surface area (Å²) in [5.74, 6) is -0.471. The Morgan fingerprint density at radius 2 is 1.96 bits per heavy atom. The summed E-state index contributed by atoms with van der Waals surface area (Å²) in [6.07, 6.45) is 3.67. The second-order valence-electron chi connectivity index (χ2n) is 5.77. The minimum absolute atomic E-state index is 0.000935. The molecular formula is C17H21FO4S. The standard InChI is InChI=1S/C17H21FO4S/c1-3-22-17(19)16(11-12-4-7-14(18)10-12)13-5-8-15(9-6-13)23(2,20)21/h5-6,8-9,11-12,14H,3-4,7,10H2,1-2H3/b16-11+/t12?,14-/m1/s1. The molecule has 1 fully saturated rings. The van der Waals surface area contributed by atoms with Crippen molar-refractivity contribution in [3.05, 3.63) is 35.9 Å². The van der Waals surface area contributed by atoms with Gasteiger partial charge in [-0.1, -0.05) is 18.2 Å². The van der Waals surface area contributed by atoms with Crippen molar-refractivity contribution < 1.29 is 22.3 Å². The summed E-state index contributed by atoms with van der Waals surface area (Å²) in [4.78, 5) is 12.4. The lowest BCUT2D eigenvalue weighted by molar-refractivity contribution is -0.136. The van der Waals surface area contributed by atoms with Gasteiger partial charge in [0.05, 0.1) is 17.1 Å². The number of hydrogen-bond donors (Lipinski definition) is 0. The molecule has 1 unspecified atom stereocenters. The average Bonchev–Trinajstić information content (AvgIpc) is 2.89. The molecule has 2 atom stereocenters. The van der Waals surface area contributed by atoms with E-state index in [1.54, 1.807) is 25.1 Å². The highest BCUT2D eigenvalue weighted by molar-refractivity contribution is 7.90. The smallest absolute Gasteiger partial charge is 0.338 e. The molecule has 0 bridgehead atoms. The van der Waals surface area contributed by atoms with Gasteiger partial charge >= 0.3 is 5.97 Å². The zero-order valence-electron chi connectivity index (χ0n) is 13.3. The van der Waals surface area contributed by atoms with Crippen LogP contribution in [-0.2, 0) is 19.4 Å². The SMILES string of the molecule is CCOC(=O)/C(=C/C1CC[C@@H](F)C1)c1ccc(S(C)(=O)=O)cc1. The zero-order valence-corrected chi connectivity index (χ0v) is 14.1. The largest absolute Gasteiger partial charge is 0.462 e. The predicted molar refractivity (Wildman–Crippen MR) is 86.4 cm³/mol. The van der Waals surface area contributed by atoms with Crippen molar-refractivity contribution in [2.24, 2.45) is 5.92 Å². The van der Waals surface area contributed by atoms with Gasteiger partial charge in [0.2, 0.25) is 0 Å². The zero-order chi connectivity index (χ0) is 17.0. The maximum Gasteiger partial charge on any atom is 0.338 e. The number of alkyl halides is 1. The molecule has 23 heavy (non-hydrogen) atoms. The van der Waals surface area contributed by atoms with Gasteiger partial charge in [0.15, 0.2) is 9.84 Å². The highest BCUT2D eigenvalue weighted by atomic mass is 32.2. The van der Waals surface area contributed by atoms with Crippen molar-refractivity contribution in [1.82, 2.24) is 0 Å². The van der Waals surface area contributed by atoms with Crippen molar-refractivity contribution in [1.29, 1.82) is 0 Å². The summed E-state index contributed by atoms with van der Waals surface area (Å²) in [5, 5.41) is 0. The summed E-state index contributed by atoms with van der Waals surface area (Å²) < 4.78 is 41.5. The fourth-order valence-corrected chi connectivity index (χ4v) is 3.35. The molecular weight excluding hydrogens is 319 g/mol. The van der Waals surface area contributed by atoms with Crippen molar-refractivity contribution in [3.8, 4) is 0 Å². The summed E-state index contributed by atoms with van der Waals surface area (Å²) in [7, 11) is -3.29. The number of carbonyl (C=O) groups excluding carboxylic acids is 1. The van der Waals surface area contributed by atoms with Gasteiger partial charge in [-0.2, -0.15) is 0 Å². The van der Waals surface area contributed by atoms with Crippen LogP contribution in [0.3, 0.4) is 0 Å². The first-order chi connectivity index (χ1) is 10.8. The molecule has 1 aromatic carbocycles. The topological polar surface area (TPSA) is 60.4 Å². The van der Waals surface area contributed by atoms with E-state index in [9.17, 15) is 17.6 Å². The van der Waals surface area contributed by atoms with Crippen LogP contribution in [0.4, 0.5) is 4.39 Å². The van der Waals surface area contributed by atoms with Gasteiger partial charge in [-0.05, 0) is 49.8 Å². The maximum absolute atomic E-state index is 13.3. The number of allylic oxidation sites excluding steroid dienone is 1. The Hall–Kier alpha value is -1.69.